The maximum Gasteiger partial charge on any atom is 0.161 e. The molecule has 0 bridgehead atoms. The van der Waals surface area contributed by atoms with Gasteiger partial charge in [0.05, 0.1) is 13.7 Å². The highest BCUT2D eigenvalue weighted by Gasteiger charge is 2.07. The van der Waals surface area contributed by atoms with E-state index in [-0.39, 0.29) is 0 Å². The van der Waals surface area contributed by atoms with Crippen LogP contribution in [0.25, 0.3) is 0 Å². The van der Waals surface area contributed by atoms with Gasteiger partial charge in [-0.25, -0.2) is 0 Å². The Labute approximate surface area is 134 Å². The Morgan fingerprint density at radius 1 is 1.27 bits per heavy atom. The van der Waals surface area contributed by atoms with Crippen molar-refractivity contribution in [2.75, 3.05) is 20.3 Å². The van der Waals surface area contributed by atoms with Gasteiger partial charge in [0.2, 0.25) is 0 Å². The molecule has 2 N–H and O–H groups in total. The zero-order valence-corrected chi connectivity index (χ0v) is 13.6. The predicted molar refractivity (Wildman–Crippen MR) is 90.4 cm³/mol. The van der Waals surface area contributed by atoms with Crippen molar-refractivity contribution in [1.29, 1.82) is 0 Å². The van der Waals surface area contributed by atoms with Crippen LogP contribution in [0.3, 0.4) is 0 Å². The topological polar surface area (TPSA) is 35.1 Å². The second-order valence-corrected chi connectivity index (χ2v) is 5.72. The van der Waals surface area contributed by atoms with E-state index in [1.807, 2.05) is 6.07 Å². The SMILES string of the molecule is C=CCOc1ccc(C[NH2+]CCC2=CCCCC2)cc1OC. The summed E-state index contributed by atoms with van der Waals surface area (Å²) in [6, 6.07) is 6.15. The molecule has 0 atom stereocenters. The van der Waals surface area contributed by atoms with Gasteiger partial charge in [-0.2, -0.15) is 0 Å². The predicted octanol–water partition coefficient (Wildman–Crippen LogP) is 3.21. The highest BCUT2D eigenvalue weighted by Crippen LogP contribution is 2.27. The summed E-state index contributed by atoms with van der Waals surface area (Å²) in [5, 5.41) is 2.37. The third-order valence-electron chi connectivity index (χ3n) is 4.02. The fraction of sp³-hybridized carbons (Fsp3) is 0.474. The molecule has 0 fully saturated rings. The Morgan fingerprint density at radius 3 is 2.91 bits per heavy atom. The number of benzene rings is 1. The van der Waals surface area contributed by atoms with Crippen LogP contribution >= 0.6 is 0 Å². The molecule has 3 heteroatoms. The molecule has 3 nitrogen and oxygen atoms in total. The van der Waals surface area contributed by atoms with Crippen LogP contribution in [0.15, 0.2) is 42.5 Å². The number of ether oxygens (including phenoxy) is 2. The van der Waals surface area contributed by atoms with Gasteiger partial charge in [-0.05, 0) is 43.9 Å². The van der Waals surface area contributed by atoms with Crippen molar-refractivity contribution >= 4 is 0 Å². The second-order valence-electron chi connectivity index (χ2n) is 5.72. The molecule has 0 spiro atoms. The lowest BCUT2D eigenvalue weighted by molar-refractivity contribution is -0.670. The molecule has 1 aliphatic carbocycles. The minimum Gasteiger partial charge on any atom is -0.493 e. The normalized spacial score (nSPS) is 14.3. The Hall–Kier alpha value is -1.74. The van der Waals surface area contributed by atoms with Gasteiger partial charge in [0.15, 0.2) is 11.5 Å². The number of methoxy groups -OCH3 is 1. The van der Waals surface area contributed by atoms with Crippen LogP contribution in [0.4, 0.5) is 0 Å². The Balaban J connectivity index is 1.79. The van der Waals surface area contributed by atoms with Gasteiger partial charge in [-0.1, -0.05) is 24.3 Å². The van der Waals surface area contributed by atoms with E-state index < -0.39 is 0 Å². The van der Waals surface area contributed by atoms with E-state index in [9.17, 15) is 0 Å². The standard InChI is InChI=1S/C19H27NO2/c1-3-13-22-18-10-9-17(14-19(18)21-2)15-20-12-11-16-7-5-4-6-8-16/h3,7,9-10,14,20H,1,4-6,8,11-13,15H2,2H3/p+1. The second kappa shape index (κ2) is 9.31. The van der Waals surface area contributed by atoms with Crippen molar-refractivity contribution in [3.63, 3.8) is 0 Å². The van der Waals surface area contributed by atoms with Crippen LogP contribution < -0.4 is 14.8 Å². The molecule has 120 valence electrons. The lowest BCUT2D eigenvalue weighted by Gasteiger charge is -2.12. The number of hydrogen-bond acceptors (Lipinski definition) is 2. The Kier molecular flexibility index (Phi) is 7.04. The maximum absolute atomic E-state index is 5.58. The van der Waals surface area contributed by atoms with Gasteiger partial charge >= 0.3 is 0 Å². The summed E-state index contributed by atoms with van der Waals surface area (Å²) in [6.07, 6.45) is 10.7. The molecule has 1 aliphatic rings. The van der Waals surface area contributed by atoms with E-state index >= 15 is 0 Å². The van der Waals surface area contributed by atoms with Crippen molar-refractivity contribution in [2.24, 2.45) is 0 Å². The summed E-state index contributed by atoms with van der Waals surface area (Å²) < 4.78 is 11.0. The lowest BCUT2D eigenvalue weighted by atomic mass is 9.97. The summed E-state index contributed by atoms with van der Waals surface area (Å²) in [5.74, 6) is 1.57. The number of hydrogen-bond donors (Lipinski definition) is 1. The highest BCUT2D eigenvalue weighted by molar-refractivity contribution is 5.42. The van der Waals surface area contributed by atoms with E-state index in [1.54, 1.807) is 18.8 Å². The molecule has 0 amide bonds. The molecule has 0 aromatic heterocycles. The quantitative estimate of drug-likeness (QED) is 0.561. The Bertz CT molecular complexity index is 508. The zero-order chi connectivity index (χ0) is 15.6. The van der Waals surface area contributed by atoms with Gasteiger partial charge in [-0.15, -0.1) is 0 Å². The first-order valence-electron chi connectivity index (χ1n) is 8.23. The molecule has 1 aromatic carbocycles. The first-order chi connectivity index (χ1) is 10.8. The van der Waals surface area contributed by atoms with Crippen molar-refractivity contribution in [2.45, 2.75) is 38.6 Å². The van der Waals surface area contributed by atoms with E-state index in [0.717, 1.165) is 24.6 Å². The molecule has 0 unspecified atom stereocenters. The van der Waals surface area contributed by atoms with E-state index in [2.05, 4.69) is 30.1 Å². The first-order valence-corrected chi connectivity index (χ1v) is 8.23. The lowest BCUT2D eigenvalue weighted by Crippen LogP contribution is -2.82. The monoisotopic (exact) mass is 302 g/mol. The van der Waals surface area contributed by atoms with Crippen LogP contribution in [0.1, 0.15) is 37.7 Å². The minimum atomic E-state index is 0.497. The van der Waals surface area contributed by atoms with Crippen molar-refractivity contribution in [1.82, 2.24) is 0 Å². The number of quaternary nitrogens is 1. The third kappa shape index (κ3) is 5.23. The van der Waals surface area contributed by atoms with Gasteiger partial charge in [-0.3, -0.25) is 0 Å². The average molecular weight is 302 g/mol. The van der Waals surface area contributed by atoms with E-state index in [0.29, 0.717) is 6.61 Å². The van der Waals surface area contributed by atoms with E-state index in [1.165, 1.54) is 37.7 Å². The van der Waals surface area contributed by atoms with Gasteiger partial charge < -0.3 is 14.8 Å². The van der Waals surface area contributed by atoms with E-state index in [4.69, 9.17) is 9.47 Å². The fourth-order valence-corrected chi connectivity index (χ4v) is 2.79. The van der Waals surface area contributed by atoms with Crippen molar-refractivity contribution in [3.05, 3.63) is 48.1 Å². The first kappa shape index (κ1) is 16.6. The number of allylic oxidation sites excluding steroid dienone is 1. The molecule has 0 saturated carbocycles. The summed E-state index contributed by atoms with van der Waals surface area (Å²) in [5.41, 5.74) is 2.91. The van der Waals surface area contributed by atoms with Crippen LogP contribution in [0, 0.1) is 0 Å². The molecule has 22 heavy (non-hydrogen) atoms. The Morgan fingerprint density at radius 2 is 2.18 bits per heavy atom. The fourth-order valence-electron chi connectivity index (χ4n) is 2.79. The van der Waals surface area contributed by atoms with Crippen molar-refractivity contribution < 1.29 is 14.8 Å². The van der Waals surface area contributed by atoms with Gasteiger partial charge in [0.25, 0.3) is 0 Å². The van der Waals surface area contributed by atoms with Crippen LogP contribution in [-0.2, 0) is 6.54 Å². The summed E-state index contributed by atoms with van der Waals surface area (Å²) in [6.45, 7) is 6.29. The summed E-state index contributed by atoms with van der Waals surface area (Å²) in [7, 11) is 1.68. The number of rotatable bonds is 9. The van der Waals surface area contributed by atoms with Crippen molar-refractivity contribution in [3.8, 4) is 11.5 Å². The molecule has 1 aromatic rings. The number of nitrogens with two attached hydrogens (primary N) is 1. The highest BCUT2D eigenvalue weighted by atomic mass is 16.5. The van der Waals surface area contributed by atoms with Crippen LogP contribution in [-0.4, -0.2) is 20.3 Å². The minimum absolute atomic E-state index is 0.497. The third-order valence-corrected chi connectivity index (χ3v) is 4.02. The summed E-state index contributed by atoms with van der Waals surface area (Å²) >= 11 is 0. The van der Waals surface area contributed by atoms with Gasteiger partial charge in [0.1, 0.15) is 13.2 Å². The van der Waals surface area contributed by atoms with Gasteiger partial charge in [0, 0.05) is 12.0 Å². The van der Waals surface area contributed by atoms with Crippen LogP contribution in [0.2, 0.25) is 0 Å². The van der Waals surface area contributed by atoms with Crippen LogP contribution in [0.5, 0.6) is 11.5 Å². The smallest absolute Gasteiger partial charge is 0.161 e. The molecule has 2 rings (SSSR count). The molecular weight excluding hydrogens is 274 g/mol. The zero-order valence-electron chi connectivity index (χ0n) is 13.6. The molecule has 0 saturated heterocycles. The summed E-state index contributed by atoms with van der Waals surface area (Å²) in [4.78, 5) is 0. The molecule has 0 heterocycles. The molecule has 0 aliphatic heterocycles. The molecular formula is C19H28NO2+. The maximum atomic E-state index is 5.58. The molecule has 0 radical (unpaired) electrons. The average Bonchev–Trinajstić information content (AvgIpc) is 2.58. The largest absolute Gasteiger partial charge is 0.493 e.